The molecule has 0 aliphatic heterocycles. The Morgan fingerprint density at radius 2 is 2.00 bits per heavy atom. The Labute approximate surface area is 51.7 Å². The van der Waals surface area contributed by atoms with Crippen LogP contribution in [0.15, 0.2) is 0 Å². The van der Waals surface area contributed by atoms with Crippen molar-refractivity contribution in [2.24, 2.45) is 0 Å². The van der Waals surface area contributed by atoms with Gasteiger partial charge in [0, 0.05) is 0 Å². The Morgan fingerprint density at radius 1 is 1.57 bits per heavy atom. The molecule has 0 heterocycles. The number of hydrogen-bond donors (Lipinski definition) is 0. The number of hydrogen-bond acceptors (Lipinski definition) is 2. The maximum atomic E-state index is 10.2. The van der Waals surface area contributed by atoms with E-state index in [0.29, 0.717) is 4.64 Å². The van der Waals surface area contributed by atoms with Gasteiger partial charge in [0.15, 0.2) is 0 Å². The van der Waals surface area contributed by atoms with E-state index < -0.39 is 17.1 Å². The van der Waals surface area contributed by atoms with Gasteiger partial charge in [0.25, 0.3) is 0 Å². The first kappa shape index (κ1) is 7.38. The van der Waals surface area contributed by atoms with Crippen LogP contribution in [0.3, 0.4) is 0 Å². The molecule has 0 aliphatic rings. The fourth-order valence-electron chi connectivity index (χ4n) is 0.149. The zero-order chi connectivity index (χ0) is 5.86. The van der Waals surface area contributed by atoms with Gasteiger partial charge in [0.2, 0.25) is 0 Å². The summed E-state index contributed by atoms with van der Waals surface area (Å²) in [6.07, 6.45) is 0. The van der Waals surface area contributed by atoms with Crippen molar-refractivity contribution in [1.82, 2.24) is 4.90 Å². The van der Waals surface area contributed by atoms with Gasteiger partial charge in [-0.3, -0.25) is 0 Å². The molecule has 0 rings (SSSR count). The fraction of sp³-hybridized carbons (Fsp3) is 1.00. The van der Waals surface area contributed by atoms with Crippen molar-refractivity contribution in [1.29, 1.82) is 0 Å². The normalized spacial score (nSPS) is 13.7. The van der Waals surface area contributed by atoms with E-state index in [2.05, 4.69) is 0 Å². The van der Waals surface area contributed by atoms with Crippen molar-refractivity contribution in [3.05, 3.63) is 0 Å². The first-order valence-corrected chi connectivity index (χ1v) is 5.35. The van der Waals surface area contributed by atoms with Crippen LogP contribution in [-0.2, 0) is 20.7 Å². The Bertz CT molecular complexity index is 64.7. The molecule has 0 spiro atoms. The Kier molecular flexibility index (Phi) is 3.58. The third kappa shape index (κ3) is 3.01. The van der Waals surface area contributed by atoms with Crippen LogP contribution in [-0.4, -0.2) is 23.6 Å². The van der Waals surface area contributed by atoms with Gasteiger partial charge < -0.3 is 0 Å². The minimum atomic E-state index is -1.39. The zero-order valence-corrected chi connectivity index (χ0v) is 8.11. The van der Waals surface area contributed by atoms with Crippen LogP contribution in [0.5, 0.6) is 0 Å². The Morgan fingerprint density at radius 3 is 2.00 bits per heavy atom. The van der Waals surface area contributed by atoms with Gasteiger partial charge in [0.05, 0.1) is 0 Å². The van der Waals surface area contributed by atoms with E-state index in [0.717, 1.165) is 0 Å². The summed E-state index contributed by atoms with van der Waals surface area (Å²) in [5, 5.41) is 0. The van der Waals surface area contributed by atoms with E-state index in [-0.39, 0.29) is 0 Å². The summed E-state index contributed by atoms with van der Waals surface area (Å²) in [4.78, 5) is 1.99. The van der Waals surface area contributed by atoms with E-state index >= 15 is 0 Å². The second-order valence-electron chi connectivity index (χ2n) is 1.98. The van der Waals surface area contributed by atoms with Gasteiger partial charge in [0.1, 0.15) is 0 Å². The third-order valence-corrected chi connectivity index (χ3v) is 3.67. The molecular weight excluding hydrogens is 143 g/mol. The van der Waals surface area contributed by atoms with Crippen molar-refractivity contribution in [3.63, 3.8) is 0 Å². The Hall–Kier alpha value is 0.383. The van der Waals surface area contributed by atoms with Crippen LogP contribution < -0.4 is 0 Å². The zero-order valence-electron chi connectivity index (χ0n) is 5.14. The molecule has 0 saturated heterocycles. The molecule has 0 N–H and O–H groups in total. The van der Waals surface area contributed by atoms with Crippen LogP contribution >= 0.6 is 0 Å². The van der Waals surface area contributed by atoms with Crippen LogP contribution in [0.25, 0.3) is 0 Å². The number of rotatable bonds is 2. The SMILES string of the molecule is C[CH]([Zn]=[O])N(C)C. The summed E-state index contributed by atoms with van der Waals surface area (Å²) >= 11 is -1.39. The fourth-order valence-corrected chi connectivity index (χ4v) is 0.775. The van der Waals surface area contributed by atoms with Crippen molar-refractivity contribution < 1.29 is 20.7 Å². The van der Waals surface area contributed by atoms with E-state index in [4.69, 9.17) is 0 Å². The average molecular weight is 154 g/mol. The monoisotopic (exact) mass is 152 g/mol. The van der Waals surface area contributed by atoms with Crippen molar-refractivity contribution in [3.8, 4) is 0 Å². The standard InChI is InChI=1S/C4H10N.O.Zn/c1-4-5(2)3;;/h4H,1-3H3;;. The van der Waals surface area contributed by atoms with Crippen LogP contribution in [0.4, 0.5) is 0 Å². The molecule has 0 bridgehead atoms. The van der Waals surface area contributed by atoms with E-state index in [1.165, 1.54) is 0 Å². The summed E-state index contributed by atoms with van der Waals surface area (Å²) < 4.78 is 10.6. The maximum absolute atomic E-state index is 10.2. The van der Waals surface area contributed by atoms with Crippen molar-refractivity contribution in [2.45, 2.75) is 11.6 Å². The summed E-state index contributed by atoms with van der Waals surface area (Å²) in [5.74, 6) is 0. The van der Waals surface area contributed by atoms with Gasteiger partial charge >= 0.3 is 51.2 Å². The van der Waals surface area contributed by atoms with Crippen molar-refractivity contribution in [2.75, 3.05) is 14.1 Å². The number of nitrogens with zero attached hydrogens (tertiary/aromatic N) is 1. The molecule has 0 aromatic rings. The topological polar surface area (TPSA) is 20.3 Å². The molecule has 0 aromatic carbocycles. The van der Waals surface area contributed by atoms with E-state index in [9.17, 15) is 3.57 Å². The molecule has 0 radical (unpaired) electrons. The Balaban J connectivity index is 3.33. The molecule has 0 amide bonds. The summed E-state index contributed by atoms with van der Waals surface area (Å²) in [6, 6.07) is 0. The van der Waals surface area contributed by atoms with Gasteiger partial charge in [-0.15, -0.1) is 0 Å². The van der Waals surface area contributed by atoms with Crippen LogP contribution in [0.1, 0.15) is 6.92 Å². The first-order valence-electron chi connectivity index (χ1n) is 2.43. The predicted octanol–water partition coefficient (Wildman–Crippen LogP) is 0.322. The molecule has 0 fully saturated rings. The molecule has 39 valence electrons. The first-order chi connectivity index (χ1) is 3.18. The van der Waals surface area contributed by atoms with Gasteiger partial charge in [-0.25, -0.2) is 0 Å². The second kappa shape index (κ2) is 3.39. The molecule has 7 heavy (non-hydrogen) atoms. The molecule has 1 atom stereocenters. The molecular formula is C4H10NOZn. The van der Waals surface area contributed by atoms with Gasteiger partial charge in [-0.05, 0) is 0 Å². The molecule has 0 aromatic heterocycles. The molecule has 0 saturated carbocycles. The van der Waals surface area contributed by atoms with E-state index in [1.54, 1.807) is 0 Å². The summed E-state index contributed by atoms with van der Waals surface area (Å²) in [5.41, 5.74) is 0. The quantitative estimate of drug-likeness (QED) is 0.533. The second-order valence-corrected chi connectivity index (χ2v) is 5.16. The van der Waals surface area contributed by atoms with Gasteiger partial charge in [-0.2, -0.15) is 0 Å². The molecule has 1 unspecified atom stereocenters. The van der Waals surface area contributed by atoms with Crippen LogP contribution in [0.2, 0.25) is 0 Å². The molecule has 2 nitrogen and oxygen atoms in total. The van der Waals surface area contributed by atoms with Crippen LogP contribution in [0, 0.1) is 0 Å². The molecule has 0 aliphatic carbocycles. The minimum absolute atomic E-state index is 0.368. The predicted molar refractivity (Wildman–Crippen MR) is 23.8 cm³/mol. The average Bonchev–Trinajstić information content (AvgIpc) is 1.65. The third-order valence-electron chi connectivity index (χ3n) is 1.12. The summed E-state index contributed by atoms with van der Waals surface area (Å²) in [6.45, 7) is 1.99. The van der Waals surface area contributed by atoms with Crippen molar-refractivity contribution >= 4 is 0 Å². The van der Waals surface area contributed by atoms with Gasteiger partial charge in [-0.1, -0.05) is 0 Å². The van der Waals surface area contributed by atoms with E-state index in [1.807, 2.05) is 25.9 Å². The molecule has 3 heteroatoms. The summed E-state index contributed by atoms with van der Waals surface area (Å²) in [7, 11) is 3.90.